The maximum absolute atomic E-state index is 12.7. The zero-order valence-electron chi connectivity index (χ0n) is 16.2. The van der Waals surface area contributed by atoms with Crippen LogP contribution < -0.4 is 10.7 Å². The fraction of sp³-hybridized carbons (Fsp3) is 0.611. The van der Waals surface area contributed by atoms with Crippen LogP contribution in [0.5, 0.6) is 0 Å². The molecule has 0 unspecified atom stereocenters. The molecule has 2 heterocycles. The van der Waals surface area contributed by atoms with Crippen molar-refractivity contribution in [1.29, 1.82) is 0 Å². The van der Waals surface area contributed by atoms with Gasteiger partial charge in [0.05, 0.1) is 12.1 Å². The second-order valence-corrected chi connectivity index (χ2v) is 7.51. The Hall–Kier alpha value is -2.91. The van der Waals surface area contributed by atoms with Gasteiger partial charge in [0.1, 0.15) is 11.3 Å². The molecule has 2 aliphatic rings. The Labute approximate surface area is 161 Å². The van der Waals surface area contributed by atoms with Crippen molar-refractivity contribution in [3.8, 4) is 0 Å². The van der Waals surface area contributed by atoms with Crippen LogP contribution in [-0.2, 0) is 25.5 Å². The number of aryl methyl sites for hydroxylation is 2. The van der Waals surface area contributed by atoms with E-state index in [1.54, 1.807) is 13.8 Å². The molecular formula is C18H24N4O6. The van der Waals surface area contributed by atoms with Crippen molar-refractivity contribution in [3.05, 3.63) is 17.0 Å². The molecule has 1 spiro atoms. The number of esters is 1. The van der Waals surface area contributed by atoms with Crippen molar-refractivity contribution in [1.82, 2.24) is 20.9 Å². The van der Waals surface area contributed by atoms with Crippen molar-refractivity contribution in [2.45, 2.75) is 58.4 Å². The maximum atomic E-state index is 12.7. The summed E-state index contributed by atoms with van der Waals surface area (Å²) in [6.07, 6.45) is 2.65. The third kappa shape index (κ3) is 3.85. The largest absolute Gasteiger partial charge is 0.455 e. The molecule has 2 N–H and O–H groups in total. The molecule has 10 heteroatoms. The number of hydrogen-bond acceptors (Lipinski definition) is 7. The van der Waals surface area contributed by atoms with Gasteiger partial charge in [0.25, 0.3) is 11.8 Å². The van der Waals surface area contributed by atoms with Crippen molar-refractivity contribution in [3.63, 3.8) is 0 Å². The number of hydrazine groups is 1. The maximum Gasteiger partial charge on any atom is 0.344 e. The summed E-state index contributed by atoms with van der Waals surface area (Å²) in [5, 5.41) is 7.13. The highest BCUT2D eigenvalue weighted by atomic mass is 16.5. The first-order valence-corrected chi connectivity index (χ1v) is 9.25. The summed E-state index contributed by atoms with van der Waals surface area (Å²) in [5.41, 5.74) is 2.45. The molecule has 0 radical (unpaired) electrons. The number of carbonyl (C=O) groups excluding carboxylic acids is 4. The van der Waals surface area contributed by atoms with E-state index in [-0.39, 0.29) is 6.42 Å². The van der Waals surface area contributed by atoms with E-state index in [1.807, 2.05) is 0 Å². The van der Waals surface area contributed by atoms with Gasteiger partial charge in [0, 0.05) is 5.56 Å². The molecule has 0 bridgehead atoms. The van der Waals surface area contributed by atoms with Crippen LogP contribution in [0.2, 0.25) is 0 Å². The summed E-state index contributed by atoms with van der Waals surface area (Å²) >= 11 is 0. The molecule has 4 amide bonds. The summed E-state index contributed by atoms with van der Waals surface area (Å²) in [5.74, 6) is -0.877. The summed E-state index contributed by atoms with van der Waals surface area (Å²) < 4.78 is 9.90. The molecule has 0 atom stereocenters. The fourth-order valence-corrected chi connectivity index (χ4v) is 3.57. The lowest BCUT2D eigenvalue weighted by molar-refractivity contribution is -0.150. The van der Waals surface area contributed by atoms with E-state index in [4.69, 9.17) is 9.26 Å². The summed E-state index contributed by atoms with van der Waals surface area (Å²) in [6.45, 7) is 4.87. The number of aromatic nitrogens is 1. The second-order valence-electron chi connectivity index (χ2n) is 7.51. The van der Waals surface area contributed by atoms with Gasteiger partial charge >= 0.3 is 12.0 Å². The number of ether oxygens (including phenoxy) is 1. The zero-order chi connectivity index (χ0) is 20.5. The minimum atomic E-state index is -0.948. The highest BCUT2D eigenvalue weighted by Gasteiger charge is 2.52. The molecule has 1 saturated heterocycles. The molecule has 1 aromatic heterocycles. The van der Waals surface area contributed by atoms with Gasteiger partial charge in [0.2, 0.25) is 0 Å². The molecular weight excluding hydrogens is 368 g/mol. The lowest BCUT2D eigenvalue weighted by atomic mass is 9.77. The first-order chi connectivity index (χ1) is 13.2. The van der Waals surface area contributed by atoms with Gasteiger partial charge in [-0.3, -0.25) is 19.8 Å². The van der Waals surface area contributed by atoms with Crippen LogP contribution in [0.25, 0.3) is 0 Å². The van der Waals surface area contributed by atoms with Crippen molar-refractivity contribution < 1.29 is 28.4 Å². The van der Waals surface area contributed by atoms with Gasteiger partial charge in [-0.25, -0.2) is 4.79 Å². The molecule has 1 saturated carbocycles. The van der Waals surface area contributed by atoms with Crippen molar-refractivity contribution >= 4 is 23.8 Å². The van der Waals surface area contributed by atoms with Crippen LogP contribution in [0.3, 0.4) is 0 Å². The molecule has 1 aliphatic carbocycles. The monoisotopic (exact) mass is 392 g/mol. The smallest absolute Gasteiger partial charge is 0.344 e. The molecule has 1 aromatic rings. The first-order valence-electron chi connectivity index (χ1n) is 9.25. The van der Waals surface area contributed by atoms with E-state index in [1.165, 1.54) is 0 Å². The van der Waals surface area contributed by atoms with E-state index in [0.29, 0.717) is 40.8 Å². The van der Waals surface area contributed by atoms with Crippen LogP contribution in [0, 0.1) is 19.8 Å². The number of rotatable bonds is 5. The average Bonchev–Trinajstić information content (AvgIpc) is 3.08. The Balaban J connectivity index is 1.51. The molecule has 1 aliphatic heterocycles. The predicted octanol–water partition coefficient (Wildman–Crippen LogP) is 0.909. The number of amides is 4. The van der Waals surface area contributed by atoms with E-state index < -0.39 is 36.0 Å². The van der Waals surface area contributed by atoms with Crippen LogP contribution in [-0.4, -0.2) is 46.1 Å². The van der Waals surface area contributed by atoms with Crippen molar-refractivity contribution in [2.75, 3.05) is 6.61 Å². The van der Waals surface area contributed by atoms with Crippen LogP contribution in [0.4, 0.5) is 4.79 Å². The van der Waals surface area contributed by atoms with Gasteiger partial charge in [-0.1, -0.05) is 12.1 Å². The van der Waals surface area contributed by atoms with E-state index in [9.17, 15) is 19.2 Å². The summed E-state index contributed by atoms with van der Waals surface area (Å²) in [6, 6.07) is -0.671. The number of imide groups is 1. The third-order valence-corrected chi connectivity index (χ3v) is 5.39. The molecule has 0 aromatic carbocycles. The normalized spacial score (nSPS) is 24.4. The molecule has 28 heavy (non-hydrogen) atoms. The van der Waals surface area contributed by atoms with Gasteiger partial charge < -0.3 is 14.6 Å². The van der Waals surface area contributed by atoms with E-state index in [0.717, 1.165) is 12.8 Å². The van der Waals surface area contributed by atoms with Gasteiger partial charge in [0.15, 0.2) is 6.61 Å². The number of hydrogen-bond donors (Lipinski definition) is 2. The Morgan fingerprint density at radius 2 is 2.00 bits per heavy atom. The van der Waals surface area contributed by atoms with Gasteiger partial charge in [-0.05, 0) is 45.4 Å². The number of carbonyl (C=O) groups is 4. The highest BCUT2D eigenvalue weighted by molar-refractivity contribution is 6.08. The molecule has 10 nitrogen and oxygen atoms in total. The summed E-state index contributed by atoms with van der Waals surface area (Å²) in [7, 11) is 0. The van der Waals surface area contributed by atoms with Crippen LogP contribution in [0.1, 0.15) is 49.6 Å². The van der Waals surface area contributed by atoms with Gasteiger partial charge in [-0.15, -0.1) is 0 Å². The van der Waals surface area contributed by atoms with Gasteiger partial charge in [-0.2, -0.15) is 5.01 Å². The number of urea groups is 1. The average molecular weight is 392 g/mol. The topological polar surface area (TPSA) is 131 Å². The predicted molar refractivity (Wildman–Crippen MR) is 94.5 cm³/mol. The molecule has 152 valence electrons. The standard InChI is InChI=1S/C18H24N4O6/c1-10-4-6-18(7-5-10)16(25)22(17(26)19-18)20-14(23)9-27-15(24)8-13-11(2)21-28-12(13)3/h10H,4-9H2,1-3H3,(H,19,26)(H,20,23). The Bertz CT molecular complexity index is 789. The van der Waals surface area contributed by atoms with E-state index >= 15 is 0 Å². The van der Waals surface area contributed by atoms with E-state index in [2.05, 4.69) is 22.8 Å². The highest BCUT2D eigenvalue weighted by Crippen LogP contribution is 2.35. The minimum absolute atomic E-state index is 0.0845. The molecule has 3 rings (SSSR count). The number of nitrogens with one attached hydrogen (secondary N) is 2. The third-order valence-electron chi connectivity index (χ3n) is 5.39. The second kappa shape index (κ2) is 7.61. The first kappa shape index (κ1) is 19.8. The SMILES string of the molecule is Cc1noc(C)c1CC(=O)OCC(=O)NN1C(=O)NC2(CCC(C)CC2)C1=O. The van der Waals surface area contributed by atoms with Crippen LogP contribution >= 0.6 is 0 Å². The quantitative estimate of drug-likeness (QED) is 0.562. The number of nitrogens with zero attached hydrogens (tertiary/aromatic N) is 2. The fourth-order valence-electron chi connectivity index (χ4n) is 3.57. The Kier molecular flexibility index (Phi) is 5.39. The summed E-state index contributed by atoms with van der Waals surface area (Å²) in [4.78, 5) is 48.8. The lowest BCUT2D eigenvalue weighted by Crippen LogP contribution is -2.52. The zero-order valence-corrected chi connectivity index (χ0v) is 16.2. The minimum Gasteiger partial charge on any atom is -0.455 e. The van der Waals surface area contributed by atoms with Crippen molar-refractivity contribution in [2.24, 2.45) is 5.92 Å². The Morgan fingerprint density at radius 3 is 2.61 bits per heavy atom. The Morgan fingerprint density at radius 1 is 1.32 bits per heavy atom. The molecule has 2 fully saturated rings. The lowest BCUT2D eigenvalue weighted by Gasteiger charge is -2.33. The van der Waals surface area contributed by atoms with Crippen LogP contribution in [0.15, 0.2) is 4.52 Å².